The van der Waals surface area contributed by atoms with Crippen molar-refractivity contribution in [3.05, 3.63) is 65.7 Å². The normalized spacial score (nSPS) is 11.1. The minimum atomic E-state index is -0.851. The van der Waals surface area contributed by atoms with Crippen molar-refractivity contribution in [2.45, 2.75) is 20.5 Å². The number of hydrogen-bond acceptors (Lipinski definition) is 4. The fourth-order valence-corrected chi connectivity index (χ4v) is 2.14. The Bertz CT molecular complexity index is 676. The summed E-state index contributed by atoms with van der Waals surface area (Å²) < 4.78 is 10.7. The number of carbonyl (C=O) groups is 2. The van der Waals surface area contributed by atoms with Gasteiger partial charge in [0, 0.05) is 0 Å². The van der Waals surface area contributed by atoms with Gasteiger partial charge in [0.25, 0.3) is 0 Å². The summed E-state index contributed by atoms with van der Waals surface area (Å²) in [5, 5.41) is 0. The Kier molecular flexibility index (Phi) is 8.32. The van der Waals surface area contributed by atoms with Gasteiger partial charge in [0.1, 0.15) is 18.3 Å². The molecule has 0 saturated carbocycles. The molecule has 0 radical (unpaired) electrons. The van der Waals surface area contributed by atoms with Crippen molar-refractivity contribution in [3.63, 3.8) is 0 Å². The zero-order valence-corrected chi connectivity index (χ0v) is 14.3. The van der Waals surface area contributed by atoms with Crippen LogP contribution in [0.15, 0.2) is 54.6 Å². The molecular weight excluding hydrogens is 299 g/mol. The van der Waals surface area contributed by atoms with Crippen molar-refractivity contribution in [2.24, 2.45) is 5.92 Å². The van der Waals surface area contributed by atoms with E-state index in [4.69, 9.17) is 9.47 Å². The molecule has 0 bridgehead atoms. The van der Waals surface area contributed by atoms with Crippen LogP contribution in [0, 0.1) is 5.92 Å². The Balaban J connectivity index is 0.00000288. The first-order valence-corrected chi connectivity index (χ1v) is 7.60. The van der Waals surface area contributed by atoms with Crippen molar-refractivity contribution < 1.29 is 39.4 Å². The van der Waals surface area contributed by atoms with Crippen LogP contribution in [0.5, 0.6) is 5.75 Å². The van der Waals surface area contributed by atoms with E-state index in [9.17, 15) is 9.59 Å². The Morgan fingerprint density at radius 2 is 1.67 bits per heavy atom. The minimum Gasteiger partial charge on any atom is -1.00 e. The minimum absolute atomic E-state index is 0. The molecule has 0 aliphatic heterocycles. The maximum absolute atomic E-state index is 12.5. The number of ether oxygens (including phenoxy) is 2. The molecule has 2 rings (SSSR count). The number of hydrogen-bond donors (Lipinski definition) is 0. The van der Waals surface area contributed by atoms with Gasteiger partial charge in [0.2, 0.25) is 0 Å². The third-order valence-electron chi connectivity index (χ3n) is 3.42. The zero-order chi connectivity index (χ0) is 16.7. The number of Topliss-reactive ketones (excluding diaryl/α,β-unsaturated/α-hetero) is 1. The summed E-state index contributed by atoms with van der Waals surface area (Å²) in [5.41, 5.74) is 1.40. The van der Waals surface area contributed by atoms with Crippen LogP contribution in [0.1, 0.15) is 31.2 Å². The van der Waals surface area contributed by atoms with Crippen LogP contribution in [-0.4, -0.2) is 18.4 Å². The van der Waals surface area contributed by atoms with E-state index in [1.54, 1.807) is 38.1 Å². The second-order valence-corrected chi connectivity index (χ2v) is 5.11. The fourth-order valence-electron chi connectivity index (χ4n) is 2.14. The van der Waals surface area contributed by atoms with Gasteiger partial charge in [-0.15, -0.1) is 0 Å². The SMILES string of the molecule is CCOC(=O)C(C)C(=O)c1ccccc1OCc1ccccc1.[H-].[Li+]. The van der Waals surface area contributed by atoms with Crippen LogP contribution < -0.4 is 23.6 Å². The van der Waals surface area contributed by atoms with Crippen molar-refractivity contribution in [2.75, 3.05) is 6.61 Å². The van der Waals surface area contributed by atoms with Gasteiger partial charge in [0.05, 0.1) is 12.2 Å². The summed E-state index contributed by atoms with van der Waals surface area (Å²) in [6, 6.07) is 16.6. The Morgan fingerprint density at radius 3 is 2.33 bits per heavy atom. The molecule has 2 aromatic rings. The predicted molar refractivity (Wildman–Crippen MR) is 88.5 cm³/mol. The van der Waals surface area contributed by atoms with Crippen LogP contribution in [0.4, 0.5) is 0 Å². The van der Waals surface area contributed by atoms with Gasteiger partial charge < -0.3 is 10.9 Å². The molecule has 0 heterocycles. The fraction of sp³-hybridized carbons (Fsp3) is 0.263. The van der Waals surface area contributed by atoms with E-state index < -0.39 is 11.9 Å². The summed E-state index contributed by atoms with van der Waals surface area (Å²) >= 11 is 0. The number of benzene rings is 2. The standard InChI is InChI=1S/C19H20O4.Li.H/c1-3-22-19(21)14(2)18(20)16-11-7-8-12-17(16)23-13-15-9-5-4-6-10-15;;/h4-12,14H,3,13H2,1-2H3;;/q;+1;-1. The Hall–Kier alpha value is -2.02. The molecule has 4 nitrogen and oxygen atoms in total. The van der Waals surface area contributed by atoms with E-state index in [0.29, 0.717) is 17.9 Å². The zero-order valence-electron chi connectivity index (χ0n) is 15.3. The van der Waals surface area contributed by atoms with Gasteiger partial charge in [-0.3, -0.25) is 9.59 Å². The van der Waals surface area contributed by atoms with Gasteiger partial charge in [0.15, 0.2) is 5.78 Å². The molecule has 122 valence electrons. The van der Waals surface area contributed by atoms with Crippen LogP contribution in [0.3, 0.4) is 0 Å². The number of rotatable bonds is 7. The summed E-state index contributed by atoms with van der Waals surface area (Å²) in [6.45, 7) is 3.88. The van der Waals surface area contributed by atoms with Gasteiger partial charge >= 0.3 is 24.8 Å². The Morgan fingerprint density at radius 1 is 1.04 bits per heavy atom. The molecule has 1 atom stereocenters. The van der Waals surface area contributed by atoms with Crippen LogP contribution >= 0.6 is 0 Å². The number of carbonyl (C=O) groups excluding carboxylic acids is 2. The number of esters is 1. The number of ketones is 1. The van der Waals surface area contributed by atoms with Crippen molar-refractivity contribution in [1.29, 1.82) is 0 Å². The molecule has 0 saturated heterocycles. The predicted octanol–water partition coefficient (Wildman–Crippen LogP) is 0.764. The summed E-state index contributed by atoms with van der Waals surface area (Å²) in [4.78, 5) is 24.3. The molecule has 24 heavy (non-hydrogen) atoms. The molecule has 0 N–H and O–H groups in total. The monoisotopic (exact) mass is 320 g/mol. The molecule has 0 aliphatic carbocycles. The summed E-state index contributed by atoms with van der Waals surface area (Å²) in [7, 11) is 0. The Labute approximate surface area is 155 Å². The van der Waals surface area contributed by atoms with Crippen LogP contribution in [0.25, 0.3) is 0 Å². The van der Waals surface area contributed by atoms with Crippen molar-refractivity contribution in [1.82, 2.24) is 0 Å². The van der Waals surface area contributed by atoms with E-state index in [1.165, 1.54) is 0 Å². The largest absolute Gasteiger partial charge is 1.00 e. The molecule has 2 aromatic carbocycles. The molecular formula is C19H21LiO4. The molecule has 0 spiro atoms. The van der Waals surface area contributed by atoms with Gasteiger partial charge in [-0.25, -0.2) is 0 Å². The van der Waals surface area contributed by atoms with Crippen molar-refractivity contribution >= 4 is 11.8 Å². The smallest absolute Gasteiger partial charge is 1.00 e. The van der Waals surface area contributed by atoms with Gasteiger partial charge in [-0.2, -0.15) is 0 Å². The molecule has 0 fully saturated rings. The van der Waals surface area contributed by atoms with E-state index in [1.807, 2.05) is 30.3 Å². The van der Waals surface area contributed by atoms with E-state index in [0.717, 1.165) is 5.56 Å². The number of para-hydroxylation sites is 1. The van der Waals surface area contributed by atoms with Crippen LogP contribution in [-0.2, 0) is 16.1 Å². The summed E-state index contributed by atoms with van der Waals surface area (Å²) in [5.74, 6) is -1.20. The third-order valence-corrected chi connectivity index (χ3v) is 3.42. The quantitative estimate of drug-likeness (QED) is 0.327. The second kappa shape index (κ2) is 9.97. The first-order valence-electron chi connectivity index (χ1n) is 7.60. The first kappa shape index (κ1) is 20.0. The molecule has 0 amide bonds. The molecule has 5 heteroatoms. The topological polar surface area (TPSA) is 52.6 Å². The van der Waals surface area contributed by atoms with Crippen molar-refractivity contribution in [3.8, 4) is 5.75 Å². The molecule has 0 aliphatic rings. The second-order valence-electron chi connectivity index (χ2n) is 5.11. The van der Waals surface area contributed by atoms with E-state index in [2.05, 4.69) is 0 Å². The molecule has 1 unspecified atom stereocenters. The van der Waals surface area contributed by atoms with Crippen LogP contribution in [0.2, 0.25) is 0 Å². The first-order chi connectivity index (χ1) is 11.1. The molecule has 0 aromatic heterocycles. The maximum Gasteiger partial charge on any atom is 1.00 e. The van der Waals surface area contributed by atoms with E-state index >= 15 is 0 Å². The van der Waals surface area contributed by atoms with Gasteiger partial charge in [-0.05, 0) is 31.5 Å². The summed E-state index contributed by atoms with van der Waals surface area (Å²) in [6.07, 6.45) is 0. The van der Waals surface area contributed by atoms with E-state index in [-0.39, 0.29) is 32.7 Å². The maximum atomic E-state index is 12.5. The average Bonchev–Trinajstić information content (AvgIpc) is 2.60. The average molecular weight is 320 g/mol. The van der Waals surface area contributed by atoms with Gasteiger partial charge in [-0.1, -0.05) is 42.5 Å². The third kappa shape index (κ3) is 5.26.